The summed E-state index contributed by atoms with van der Waals surface area (Å²) in [5.74, 6) is -0.156. The van der Waals surface area contributed by atoms with Crippen molar-refractivity contribution in [2.45, 2.75) is 6.92 Å². The zero-order valence-electron chi connectivity index (χ0n) is 15.7. The van der Waals surface area contributed by atoms with Crippen molar-refractivity contribution in [3.05, 3.63) is 48.5 Å². The van der Waals surface area contributed by atoms with Gasteiger partial charge in [0.25, 0.3) is 0 Å². The van der Waals surface area contributed by atoms with E-state index in [-0.39, 0.29) is 11.9 Å². The van der Waals surface area contributed by atoms with Crippen LogP contribution in [-0.2, 0) is 4.79 Å². The third kappa shape index (κ3) is 5.46. The van der Waals surface area contributed by atoms with E-state index >= 15 is 0 Å². The smallest absolute Gasteiger partial charge is 0.323 e. The first kappa shape index (κ1) is 18.7. The number of carbonyl (C=O) groups excluding carboxylic acids is 2. The molecule has 7 heteroatoms. The third-order valence-corrected chi connectivity index (χ3v) is 4.43. The predicted molar refractivity (Wildman–Crippen MR) is 110 cm³/mol. The van der Waals surface area contributed by atoms with E-state index in [1.54, 1.807) is 24.3 Å². The number of hydrogen-bond donors (Lipinski definition) is 3. The fourth-order valence-corrected chi connectivity index (χ4v) is 2.99. The fourth-order valence-electron chi connectivity index (χ4n) is 2.99. The van der Waals surface area contributed by atoms with Crippen LogP contribution in [0.4, 0.5) is 27.5 Å². The molecule has 0 unspecified atom stereocenters. The van der Waals surface area contributed by atoms with Gasteiger partial charge in [0.15, 0.2) is 0 Å². The van der Waals surface area contributed by atoms with Crippen LogP contribution in [0.25, 0.3) is 0 Å². The number of benzene rings is 2. The lowest BCUT2D eigenvalue weighted by atomic mass is 10.2. The summed E-state index contributed by atoms with van der Waals surface area (Å²) < 4.78 is 0. The summed E-state index contributed by atoms with van der Waals surface area (Å²) in [5.41, 5.74) is 3.13. The van der Waals surface area contributed by atoms with Gasteiger partial charge in [0.05, 0.1) is 0 Å². The first-order valence-corrected chi connectivity index (χ1v) is 8.99. The SMILES string of the molecule is CC(=O)Nc1cccc(NC(=O)Nc2ccc(N3CCN(C)CC3)cc2)c1. The number of anilines is 4. The first-order chi connectivity index (χ1) is 13.0. The minimum atomic E-state index is -0.331. The molecule has 0 radical (unpaired) electrons. The molecule has 1 aliphatic heterocycles. The molecule has 2 aromatic rings. The molecule has 0 saturated carbocycles. The lowest BCUT2D eigenvalue weighted by Crippen LogP contribution is -2.44. The summed E-state index contributed by atoms with van der Waals surface area (Å²) in [6.45, 7) is 5.57. The molecule has 1 heterocycles. The maximum atomic E-state index is 12.2. The standard InChI is InChI=1S/C20H25N5O2/c1-15(26)21-17-4-3-5-18(14-17)23-20(27)22-16-6-8-19(9-7-16)25-12-10-24(2)11-13-25/h3-9,14H,10-13H2,1-2H3,(H,21,26)(H2,22,23,27). The van der Waals surface area contributed by atoms with E-state index in [1.165, 1.54) is 6.92 Å². The molecule has 2 aromatic carbocycles. The Hall–Kier alpha value is -3.06. The van der Waals surface area contributed by atoms with Crippen LogP contribution in [0.2, 0.25) is 0 Å². The minimum absolute atomic E-state index is 0.156. The molecular formula is C20H25N5O2. The van der Waals surface area contributed by atoms with E-state index in [0.29, 0.717) is 11.4 Å². The molecule has 3 amide bonds. The highest BCUT2D eigenvalue weighted by Gasteiger charge is 2.14. The van der Waals surface area contributed by atoms with E-state index in [2.05, 4.69) is 32.8 Å². The minimum Gasteiger partial charge on any atom is -0.369 e. The largest absolute Gasteiger partial charge is 0.369 e. The highest BCUT2D eigenvalue weighted by atomic mass is 16.2. The highest BCUT2D eigenvalue weighted by Crippen LogP contribution is 2.20. The van der Waals surface area contributed by atoms with Crippen LogP contribution in [0, 0.1) is 0 Å². The lowest BCUT2D eigenvalue weighted by molar-refractivity contribution is -0.114. The zero-order valence-corrected chi connectivity index (χ0v) is 15.7. The monoisotopic (exact) mass is 367 g/mol. The zero-order chi connectivity index (χ0) is 19.2. The molecule has 142 valence electrons. The Balaban J connectivity index is 1.56. The second-order valence-corrected chi connectivity index (χ2v) is 6.68. The van der Waals surface area contributed by atoms with Gasteiger partial charge in [-0.15, -0.1) is 0 Å². The predicted octanol–water partition coefficient (Wildman–Crippen LogP) is 3.04. The second kappa shape index (κ2) is 8.55. The van der Waals surface area contributed by atoms with Gasteiger partial charge in [-0.05, 0) is 49.5 Å². The van der Waals surface area contributed by atoms with Crippen molar-refractivity contribution in [1.82, 2.24) is 4.90 Å². The summed E-state index contributed by atoms with van der Waals surface area (Å²) in [4.78, 5) is 28.0. The molecule has 0 spiro atoms. The number of rotatable bonds is 4. The van der Waals surface area contributed by atoms with Crippen LogP contribution in [0.1, 0.15) is 6.92 Å². The van der Waals surface area contributed by atoms with Crippen molar-refractivity contribution >= 4 is 34.7 Å². The highest BCUT2D eigenvalue weighted by molar-refractivity contribution is 6.00. The number of nitrogens with one attached hydrogen (secondary N) is 3. The van der Waals surface area contributed by atoms with Gasteiger partial charge < -0.3 is 25.8 Å². The van der Waals surface area contributed by atoms with E-state index in [1.807, 2.05) is 24.3 Å². The van der Waals surface area contributed by atoms with Crippen molar-refractivity contribution in [2.75, 3.05) is 54.1 Å². The molecular weight excluding hydrogens is 342 g/mol. The summed E-state index contributed by atoms with van der Waals surface area (Å²) in [7, 11) is 2.13. The molecule has 3 N–H and O–H groups in total. The van der Waals surface area contributed by atoms with Gasteiger partial charge in [0.2, 0.25) is 5.91 Å². The van der Waals surface area contributed by atoms with Gasteiger partial charge >= 0.3 is 6.03 Å². The van der Waals surface area contributed by atoms with Crippen LogP contribution in [0.15, 0.2) is 48.5 Å². The summed E-state index contributed by atoms with van der Waals surface area (Å²) in [6.07, 6.45) is 0. The van der Waals surface area contributed by atoms with Crippen LogP contribution >= 0.6 is 0 Å². The number of amides is 3. The van der Waals surface area contributed by atoms with E-state index in [4.69, 9.17) is 0 Å². The quantitative estimate of drug-likeness (QED) is 0.776. The molecule has 3 rings (SSSR count). The Morgan fingerprint density at radius 1 is 0.815 bits per heavy atom. The van der Waals surface area contributed by atoms with Crippen LogP contribution in [-0.4, -0.2) is 50.1 Å². The Morgan fingerprint density at radius 3 is 2.04 bits per heavy atom. The number of hydrogen-bond acceptors (Lipinski definition) is 4. The summed E-state index contributed by atoms with van der Waals surface area (Å²) >= 11 is 0. The maximum absolute atomic E-state index is 12.2. The maximum Gasteiger partial charge on any atom is 0.323 e. The van der Waals surface area contributed by atoms with Gasteiger partial charge in [-0.1, -0.05) is 6.07 Å². The summed E-state index contributed by atoms with van der Waals surface area (Å²) in [5, 5.41) is 8.28. The van der Waals surface area contributed by atoms with Crippen LogP contribution < -0.4 is 20.9 Å². The van der Waals surface area contributed by atoms with Gasteiger partial charge in [-0.3, -0.25) is 4.79 Å². The van der Waals surface area contributed by atoms with Gasteiger partial charge in [-0.25, -0.2) is 4.79 Å². The molecule has 1 aliphatic rings. The number of piperazine rings is 1. The Labute approximate surface area is 159 Å². The second-order valence-electron chi connectivity index (χ2n) is 6.68. The molecule has 1 saturated heterocycles. The number of nitrogens with zero attached hydrogens (tertiary/aromatic N) is 2. The third-order valence-electron chi connectivity index (χ3n) is 4.43. The van der Waals surface area contributed by atoms with Gasteiger partial charge in [0, 0.05) is 55.9 Å². The average molecular weight is 367 g/mol. The van der Waals surface area contributed by atoms with Gasteiger partial charge in [-0.2, -0.15) is 0 Å². The molecule has 27 heavy (non-hydrogen) atoms. The van der Waals surface area contributed by atoms with Crippen molar-refractivity contribution in [2.24, 2.45) is 0 Å². The lowest BCUT2D eigenvalue weighted by Gasteiger charge is -2.34. The molecule has 0 aromatic heterocycles. The molecule has 1 fully saturated rings. The average Bonchev–Trinajstić information content (AvgIpc) is 2.63. The van der Waals surface area contributed by atoms with Crippen molar-refractivity contribution in [3.63, 3.8) is 0 Å². The number of urea groups is 1. The van der Waals surface area contributed by atoms with E-state index < -0.39 is 0 Å². The Bertz CT molecular complexity index is 798. The molecule has 7 nitrogen and oxygen atoms in total. The van der Waals surface area contributed by atoms with E-state index in [9.17, 15) is 9.59 Å². The summed E-state index contributed by atoms with van der Waals surface area (Å²) in [6, 6.07) is 14.5. The van der Waals surface area contributed by atoms with E-state index in [0.717, 1.165) is 37.6 Å². The van der Waals surface area contributed by atoms with Crippen molar-refractivity contribution in [3.8, 4) is 0 Å². The van der Waals surface area contributed by atoms with Gasteiger partial charge in [0.1, 0.15) is 0 Å². The fraction of sp³-hybridized carbons (Fsp3) is 0.300. The number of carbonyl (C=O) groups is 2. The Kier molecular flexibility index (Phi) is 5.93. The normalized spacial score (nSPS) is 14.5. The van der Waals surface area contributed by atoms with Crippen molar-refractivity contribution in [1.29, 1.82) is 0 Å². The molecule has 0 aliphatic carbocycles. The Morgan fingerprint density at radius 2 is 1.41 bits per heavy atom. The molecule has 0 bridgehead atoms. The topological polar surface area (TPSA) is 76.7 Å². The van der Waals surface area contributed by atoms with Crippen LogP contribution in [0.3, 0.4) is 0 Å². The van der Waals surface area contributed by atoms with Crippen molar-refractivity contribution < 1.29 is 9.59 Å². The van der Waals surface area contributed by atoms with Crippen LogP contribution in [0.5, 0.6) is 0 Å². The first-order valence-electron chi connectivity index (χ1n) is 8.99. The number of likely N-dealkylation sites (N-methyl/N-ethyl adjacent to an activating group) is 1. The molecule has 0 atom stereocenters.